The van der Waals surface area contributed by atoms with Crippen molar-refractivity contribution in [3.8, 4) is 0 Å². The first-order chi connectivity index (χ1) is 11.6. The number of rotatable bonds is 2. The summed E-state index contributed by atoms with van der Waals surface area (Å²) >= 11 is 0. The molecule has 1 aliphatic heterocycles. The Labute approximate surface area is 139 Å². The molecule has 4 rings (SSSR count). The molecule has 0 aliphatic carbocycles. The summed E-state index contributed by atoms with van der Waals surface area (Å²) in [5.74, 6) is 1.74. The Bertz CT molecular complexity index is 896. The number of likely N-dealkylation sites (tertiary alicyclic amines) is 1. The smallest absolute Gasteiger partial charge is 0.254 e. The molecule has 7 heteroatoms. The lowest BCUT2D eigenvalue weighted by Gasteiger charge is -2.33. The topological polar surface area (TPSA) is 79.7 Å². The molecule has 0 radical (unpaired) electrons. The number of H-pyrrole nitrogens is 1. The quantitative estimate of drug-likeness (QED) is 0.784. The highest BCUT2D eigenvalue weighted by atomic mass is 16.2. The molecule has 1 fully saturated rings. The number of carbonyl (C=O) groups excluding carboxylic acids is 1. The van der Waals surface area contributed by atoms with Gasteiger partial charge in [0.25, 0.3) is 5.91 Å². The number of hydrogen-bond donors (Lipinski definition) is 1. The third-order valence-electron chi connectivity index (χ3n) is 4.65. The number of hydrogen-bond acceptors (Lipinski definition) is 4. The minimum Gasteiger partial charge on any atom is -0.336 e. The normalized spacial score (nSPS) is 18.2. The van der Waals surface area contributed by atoms with Gasteiger partial charge in [-0.2, -0.15) is 10.2 Å². The van der Waals surface area contributed by atoms with Crippen LogP contribution in [-0.4, -0.2) is 48.9 Å². The molecular formula is C17H20N6O. The maximum atomic E-state index is 13.0. The fourth-order valence-electron chi connectivity index (χ4n) is 3.55. The first kappa shape index (κ1) is 14.9. The first-order valence-corrected chi connectivity index (χ1v) is 8.24. The fourth-order valence-corrected chi connectivity index (χ4v) is 3.55. The second-order valence-corrected chi connectivity index (χ2v) is 6.33. The average Bonchev–Trinajstić information content (AvgIpc) is 3.20. The number of nitrogens with zero attached hydrogens (tertiary/aromatic N) is 5. The van der Waals surface area contributed by atoms with Gasteiger partial charge >= 0.3 is 0 Å². The summed E-state index contributed by atoms with van der Waals surface area (Å²) in [7, 11) is 0. The monoisotopic (exact) mass is 324 g/mol. The Morgan fingerprint density at radius 1 is 1.33 bits per heavy atom. The lowest BCUT2D eigenvalue weighted by molar-refractivity contribution is 0.0673. The molecule has 1 aromatic carbocycles. The molecule has 1 atom stereocenters. The van der Waals surface area contributed by atoms with Crippen LogP contribution in [0, 0.1) is 13.8 Å². The lowest BCUT2D eigenvalue weighted by Crippen LogP contribution is -2.41. The summed E-state index contributed by atoms with van der Waals surface area (Å²) in [6.07, 6.45) is 3.70. The van der Waals surface area contributed by atoms with Crippen LogP contribution in [0.25, 0.3) is 10.9 Å². The van der Waals surface area contributed by atoms with E-state index in [2.05, 4.69) is 20.3 Å². The molecule has 3 aromatic rings. The molecule has 0 saturated carbocycles. The van der Waals surface area contributed by atoms with Gasteiger partial charge in [0.2, 0.25) is 0 Å². The van der Waals surface area contributed by atoms with E-state index in [4.69, 9.17) is 0 Å². The molecule has 1 amide bonds. The lowest BCUT2D eigenvalue weighted by atomic mass is 10.0. The van der Waals surface area contributed by atoms with Crippen molar-refractivity contribution >= 4 is 16.8 Å². The van der Waals surface area contributed by atoms with Gasteiger partial charge in [-0.25, -0.2) is 9.67 Å². The minimum atomic E-state index is 0.0567. The molecule has 1 aliphatic rings. The molecule has 1 saturated heterocycles. The van der Waals surface area contributed by atoms with Crippen molar-refractivity contribution in [2.45, 2.75) is 32.7 Å². The van der Waals surface area contributed by atoms with Crippen molar-refractivity contribution in [2.24, 2.45) is 0 Å². The van der Waals surface area contributed by atoms with Crippen molar-refractivity contribution in [3.63, 3.8) is 0 Å². The van der Waals surface area contributed by atoms with Crippen molar-refractivity contribution in [1.29, 1.82) is 0 Å². The highest BCUT2D eigenvalue weighted by Gasteiger charge is 2.28. The summed E-state index contributed by atoms with van der Waals surface area (Å²) in [6, 6.07) is 5.88. The molecule has 0 spiro atoms. The summed E-state index contributed by atoms with van der Waals surface area (Å²) < 4.78 is 1.97. The van der Waals surface area contributed by atoms with Crippen LogP contribution in [0.2, 0.25) is 0 Å². The summed E-state index contributed by atoms with van der Waals surface area (Å²) in [6.45, 7) is 5.30. The molecule has 124 valence electrons. The Kier molecular flexibility index (Phi) is 3.55. The predicted molar refractivity (Wildman–Crippen MR) is 89.8 cm³/mol. The Balaban J connectivity index is 1.61. The van der Waals surface area contributed by atoms with Gasteiger partial charge in [0.1, 0.15) is 11.6 Å². The van der Waals surface area contributed by atoms with E-state index in [1.807, 2.05) is 41.6 Å². The second-order valence-electron chi connectivity index (χ2n) is 6.33. The first-order valence-electron chi connectivity index (χ1n) is 8.24. The van der Waals surface area contributed by atoms with Crippen LogP contribution in [0.15, 0.2) is 24.4 Å². The number of nitrogens with one attached hydrogen (secondary N) is 1. The Morgan fingerprint density at radius 3 is 3.00 bits per heavy atom. The summed E-state index contributed by atoms with van der Waals surface area (Å²) in [5, 5.41) is 12.3. The number of benzene rings is 1. The predicted octanol–water partition coefficient (Wildman–Crippen LogP) is 2.25. The molecule has 0 unspecified atom stereocenters. The SMILES string of the molecule is Cc1nc(C)n([C@H]2CCCN(C(=O)c3cccc4[nH]ncc34)C2)n1. The Hall–Kier alpha value is -2.70. The van der Waals surface area contributed by atoms with Crippen LogP contribution in [0.5, 0.6) is 0 Å². The van der Waals surface area contributed by atoms with Gasteiger partial charge in [0, 0.05) is 18.5 Å². The largest absolute Gasteiger partial charge is 0.336 e. The number of fused-ring (bicyclic) bond motifs is 1. The van der Waals surface area contributed by atoms with Gasteiger partial charge in [-0.05, 0) is 38.8 Å². The zero-order chi connectivity index (χ0) is 16.7. The zero-order valence-corrected chi connectivity index (χ0v) is 13.9. The highest BCUT2D eigenvalue weighted by molar-refractivity contribution is 6.06. The number of aromatic nitrogens is 5. The summed E-state index contributed by atoms with van der Waals surface area (Å²) in [4.78, 5) is 19.3. The van der Waals surface area contributed by atoms with E-state index in [0.29, 0.717) is 12.1 Å². The third-order valence-corrected chi connectivity index (χ3v) is 4.65. The van der Waals surface area contributed by atoms with Gasteiger partial charge < -0.3 is 4.90 Å². The van der Waals surface area contributed by atoms with E-state index in [9.17, 15) is 4.79 Å². The number of aromatic amines is 1. The van der Waals surface area contributed by atoms with Crippen molar-refractivity contribution in [2.75, 3.05) is 13.1 Å². The van der Waals surface area contributed by atoms with Crippen LogP contribution in [0.3, 0.4) is 0 Å². The van der Waals surface area contributed by atoms with Gasteiger partial charge in [-0.15, -0.1) is 0 Å². The molecule has 7 nitrogen and oxygen atoms in total. The van der Waals surface area contributed by atoms with Crippen LogP contribution in [-0.2, 0) is 0 Å². The minimum absolute atomic E-state index is 0.0567. The maximum Gasteiger partial charge on any atom is 0.254 e. The highest BCUT2D eigenvalue weighted by Crippen LogP contribution is 2.25. The number of amides is 1. The summed E-state index contributed by atoms with van der Waals surface area (Å²) in [5.41, 5.74) is 1.59. The fraction of sp³-hybridized carbons (Fsp3) is 0.412. The molecular weight excluding hydrogens is 304 g/mol. The molecule has 2 aromatic heterocycles. The van der Waals surface area contributed by atoms with Gasteiger partial charge in [-0.3, -0.25) is 9.89 Å². The third kappa shape index (κ3) is 2.46. The van der Waals surface area contributed by atoms with Crippen molar-refractivity contribution in [1.82, 2.24) is 29.9 Å². The molecule has 3 heterocycles. The van der Waals surface area contributed by atoms with Gasteiger partial charge in [0.05, 0.1) is 23.3 Å². The van der Waals surface area contributed by atoms with Gasteiger partial charge in [0.15, 0.2) is 0 Å². The Morgan fingerprint density at radius 2 is 2.21 bits per heavy atom. The molecule has 1 N–H and O–H groups in total. The van der Waals surface area contributed by atoms with Crippen LogP contribution in [0.4, 0.5) is 0 Å². The van der Waals surface area contributed by atoms with Gasteiger partial charge in [-0.1, -0.05) is 6.07 Å². The van der Waals surface area contributed by atoms with Crippen molar-refractivity contribution < 1.29 is 4.79 Å². The van der Waals surface area contributed by atoms with E-state index in [0.717, 1.165) is 41.9 Å². The maximum absolute atomic E-state index is 13.0. The van der Waals surface area contributed by atoms with Crippen LogP contribution < -0.4 is 0 Å². The van der Waals surface area contributed by atoms with E-state index < -0.39 is 0 Å². The van der Waals surface area contributed by atoms with E-state index in [-0.39, 0.29) is 11.9 Å². The van der Waals surface area contributed by atoms with E-state index >= 15 is 0 Å². The number of piperidine rings is 1. The number of aryl methyl sites for hydroxylation is 2. The number of carbonyl (C=O) groups is 1. The zero-order valence-electron chi connectivity index (χ0n) is 13.9. The second kappa shape index (κ2) is 5.74. The molecule has 24 heavy (non-hydrogen) atoms. The van der Waals surface area contributed by atoms with Crippen LogP contribution in [0.1, 0.15) is 40.9 Å². The molecule has 0 bridgehead atoms. The van der Waals surface area contributed by atoms with E-state index in [1.54, 1.807) is 6.20 Å². The standard InChI is InChI=1S/C17H20N6O/c1-11-19-12(2)23(21-11)13-5-4-8-22(10-13)17(24)14-6-3-7-16-15(14)9-18-20-16/h3,6-7,9,13H,4-5,8,10H2,1-2H3,(H,18,20)/t13-/m0/s1. The van der Waals surface area contributed by atoms with E-state index in [1.165, 1.54) is 0 Å². The van der Waals surface area contributed by atoms with Crippen molar-refractivity contribution in [3.05, 3.63) is 41.6 Å². The van der Waals surface area contributed by atoms with Crippen LogP contribution >= 0.6 is 0 Å². The average molecular weight is 324 g/mol.